The second-order valence-electron chi connectivity index (χ2n) is 3.72. The molecule has 0 amide bonds. The summed E-state index contributed by atoms with van der Waals surface area (Å²) < 4.78 is 10.7. The molecule has 0 spiro atoms. The van der Waals surface area contributed by atoms with Crippen molar-refractivity contribution in [2.24, 2.45) is 0 Å². The van der Waals surface area contributed by atoms with E-state index < -0.39 is 4.92 Å². The molecule has 0 atom stereocenters. The zero-order valence-electron chi connectivity index (χ0n) is 9.57. The van der Waals surface area contributed by atoms with Crippen molar-refractivity contribution in [2.45, 2.75) is 0 Å². The highest BCUT2D eigenvalue weighted by molar-refractivity contribution is 7.80. The van der Waals surface area contributed by atoms with E-state index >= 15 is 0 Å². The maximum atomic E-state index is 10.5. The normalized spacial score (nSPS) is 15.2. The Bertz CT molecular complexity index is 443. The van der Waals surface area contributed by atoms with Crippen LogP contribution in [0.4, 0.5) is 5.69 Å². The highest BCUT2D eigenvalue weighted by Crippen LogP contribution is 2.18. The monoisotopic (exact) mass is 268 g/mol. The van der Waals surface area contributed by atoms with Gasteiger partial charge in [0.15, 0.2) is 0 Å². The van der Waals surface area contributed by atoms with E-state index in [0.717, 1.165) is 0 Å². The number of nitro benzene ring substituents is 1. The summed E-state index contributed by atoms with van der Waals surface area (Å²) in [5, 5.41) is 10.9. The standard InChI is InChI=1S/C11H12N2O4S/c14-13(15)9-1-3-10(4-2-9)17-11(18)12-5-7-16-8-6-12/h1-4H,5-8H2. The molecule has 0 saturated carbocycles. The van der Waals surface area contributed by atoms with Crippen molar-refractivity contribution in [3.63, 3.8) is 0 Å². The molecule has 0 aromatic heterocycles. The molecule has 1 heterocycles. The Kier molecular flexibility index (Phi) is 4.06. The van der Waals surface area contributed by atoms with E-state index in [9.17, 15) is 10.1 Å². The van der Waals surface area contributed by atoms with Gasteiger partial charge >= 0.3 is 0 Å². The number of hydrogen-bond acceptors (Lipinski definition) is 5. The molecule has 0 N–H and O–H groups in total. The third-order valence-corrected chi connectivity index (χ3v) is 2.86. The predicted octanol–water partition coefficient (Wildman–Crippen LogP) is 1.59. The molecular formula is C11H12N2O4S. The highest BCUT2D eigenvalue weighted by Gasteiger charge is 2.15. The van der Waals surface area contributed by atoms with Gasteiger partial charge in [-0.25, -0.2) is 0 Å². The molecule has 0 bridgehead atoms. The second-order valence-corrected chi connectivity index (χ2v) is 4.07. The van der Waals surface area contributed by atoms with Gasteiger partial charge < -0.3 is 14.4 Å². The Morgan fingerprint density at radius 2 is 1.94 bits per heavy atom. The van der Waals surface area contributed by atoms with E-state index in [4.69, 9.17) is 21.7 Å². The fraction of sp³-hybridized carbons (Fsp3) is 0.364. The Morgan fingerprint density at radius 3 is 2.50 bits per heavy atom. The van der Waals surface area contributed by atoms with E-state index in [1.54, 1.807) is 0 Å². The quantitative estimate of drug-likeness (QED) is 0.461. The lowest BCUT2D eigenvalue weighted by Crippen LogP contribution is -2.42. The van der Waals surface area contributed by atoms with Crippen molar-refractivity contribution in [3.05, 3.63) is 34.4 Å². The minimum absolute atomic E-state index is 0.0274. The number of nitrogens with zero attached hydrogens (tertiary/aromatic N) is 2. The lowest BCUT2D eigenvalue weighted by Gasteiger charge is -2.28. The summed E-state index contributed by atoms with van der Waals surface area (Å²) in [7, 11) is 0. The largest absolute Gasteiger partial charge is 0.432 e. The van der Waals surface area contributed by atoms with E-state index in [1.807, 2.05) is 4.90 Å². The molecule has 1 aliphatic heterocycles. The van der Waals surface area contributed by atoms with E-state index in [1.165, 1.54) is 24.3 Å². The first-order valence-corrected chi connectivity index (χ1v) is 5.86. The molecule has 0 unspecified atom stereocenters. The lowest BCUT2D eigenvalue weighted by molar-refractivity contribution is -0.384. The summed E-state index contributed by atoms with van der Waals surface area (Å²) in [6, 6.07) is 5.84. The van der Waals surface area contributed by atoms with Crippen molar-refractivity contribution >= 4 is 23.1 Å². The summed E-state index contributed by atoms with van der Waals surface area (Å²) >= 11 is 5.15. The third-order valence-electron chi connectivity index (χ3n) is 2.52. The van der Waals surface area contributed by atoms with Gasteiger partial charge in [0.25, 0.3) is 10.9 Å². The van der Waals surface area contributed by atoms with Crippen LogP contribution in [0.2, 0.25) is 0 Å². The van der Waals surface area contributed by atoms with Crippen LogP contribution in [0.5, 0.6) is 5.75 Å². The Morgan fingerprint density at radius 1 is 1.33 bits per heavy atom. The van der Waals surface area contributed by atoms with Gasteiger partial charge in [-0.3, -0.25) is 10.1 Å². The van der Waals surface area contributed by atoms with Gasteiger partial charge in [-0.15, -0.1) is 0 Å². The van der Waals surface area contributed by atoms with Crippen LogP contribution in [0.3, 0.4) is 0 Å². The number of nitro groups is 1. The molecule has 1 aliphatic rings. The zero-order chi connectivity index (χ0) is 13.0. The van der Waals surface area contributed by atoms with Crippen LogP contribution < -0.4 is 4.74 Å². The molecule has 1 fully saturated rings. The van der Waals surface area contributed by atoms with Crippen molar-refractivity contribution in [1.29, 1.82) is 0 Å². The Labute approximate surface area is 109 Å². The molecule has 1 aromatic carbocycles. The van der Waals surface area contributed by atoms with Crippen LogP contribution in [0.25, 0.3) is 0 Å². The fourth-order valence-corrected chi connectivity index (χ4v) is 1.83. The SMILES string of the molecule is O=[N+]([O-])c1ccc(OC(=S)N2CCOCC2)cc1. The van der Waals surface area contributed by atoms with Gasteiger partial charge in [-0.05, 0) is 24.4 Å². The summed E-state index contributed by atoms with van der Waals surface area (Å²) in [4.78, 5) is 11.9. The molecular weight excluding hydrogens is 256 g/mol. The minimum Gasteiger partial charge on any atom is -0.432 e. The molecule has 0 radical (unpaired) electrons. The molecule has 96 valence electrons. The molecule has 1 aromatic rings. The van der Waals surface area contributed by atoms with Crippen LogP contribution in [-0.2, 0) is 4.74 Å². The Balaban J connectivity index is 1.96. The van der Waals surface area contributed by atoms with Gasteiger partial charge in [0.2, 0.25) is 0 Å². The van der Waals surface area contributed by atoms with Gasteiger partial charge in [-0.1, -0.05) is 0 Å². The topological polar surface area (TPSA) is 64.8 Å². The second kappa shape index (κ2) is 5.74. The van der Waals surface area contributed by atoms with Crippen molar-refractivity contribution in [3.8, 4) is 5.75 Å². The summed E-state index contributed by atoms with van der Waals surface area (Å²) in [6.45, 7) is 2.66. The third kappa shape index (κ3) is 3.14. The zero-order valence-corrected chi connectivity index (χ0v) is 10.4. The number of non-ortho nitro benzene ring substituents is 1. The van der Waals surface area contributed by atoms with Crippen LogP contribution >= 0.6 is 12.2 Å². The maximum Gasteiger partial charge on any atom is 0.269 e. The van der Waals surface area contributed by atoms with Crippen molar-refractivity contribution in [1.82, 2.24) is 4.90 Å². The lowest BCUT2D eigenvalue weighted by atomic mass is 10.3. The van der Waals surface area contributed by atoms with E-state index in [2.05, 4.69) is 0 Å². The first-order chi connectivity index (χ1) is 8.66. The molecule has 18 heavy (non-hydrogen) atoms. The molecule has 1 saturated heterocycles. The average Bonchev–Trinajstić information content (AvgIpc) is 2.40. The summed E-state index contributed by atoms with van der Waals surface area (Å²) in [6.07, 6.45) is 0. The predicted molar refractivity (Wildman–Crippen MR) is 68.7 cm³/mol. The number of rotatable bonds is 2. The van der Waals surface area contributed by atoms with Gasteiger partial charge in [-0.2, -0.15) is 0 Å². The van der Waals surface area contributed by atoms with Crippen LogP contribution in [0.1, 0.15) is 0 Å². The van der Waals surface area contributed by atoms with Gasteiger partial charge in [0, 0.05) is 25.2 Å². The maximum absolute atomic E-state index is 10.5. The molecule has 0 aliphatic carbocycles. The van der Waals surface area contributed by atoms with Crippen LogP contribution in [0, 0.1) is 10.1 Å². The van der Waals surface area contributed by atoms with Gasteiger partial charge in [0.1, 0.15) is 5.75 Å². The average molecular weight is 268 g/mol. The number of benzene rings is 1. The van der Waals surface area contributed by atoms with Crippen molar-refractivity contribution in [2.75, 3.05) is 26.3 Å². The highest BCUT2D eigenvalue weighted by atomic mass is 32.1. The Hall–Kier alpha value is -1.73. The fourth-order valence-electron chi connectivity index (χ4n) is 1.55. The molecule has 2 rings (SSSR count). The van der Waals surface area contributed by atoms with Gasteiger partial charge in [0.05, 0.1) is 18.1 Å². The molecule has 7 heteroatoms. The van der Waals surface area contributed by atoms with E-state index in [-0.39, 0.29) is 5.69 Å². The van der Waals surface area contributed by atoms with Crippen molar-refractivity contribution < 1.29 is 14.4 Å². The number of ether oxygens (including phenoxy) is 2. The number of hydrogen-bond donors (Lipinski definition) is 0. The minimum atomic E-state index is -0.454. The van der Waals surface area contributed by atoms with Crippen LogP contribution in [0.15, 0.2) is 24.3 Å². The summed E-state index contributed by atoms with van der Waals surface area (Å²) in [5.41, 5.74) is 0.0274. The first kappa shape index (κ1) is 12.7. The number of morpholine rings is 1. The van der Waals surface area contributed by atoms with Crippen LogP contribution in [-0.4, -0.2) is 41.3 Å². The molecule has 6 nitrogen and oxygen atoms in total. The summed E-state index contributed by atoms with van der Waals surface area (Å²) in [5.74, 6) is 0.497. The first-order valence-electron chi connectivity index (χ1n) is 5.46. The smallest absolute Gasteiger partial charge is 0.269 e. The number of thiocarbonyl (C=S) groups is 1. The van der Waals surface area contributed by atoms with E-state index in [0.29, 0.717) is 37.2 Å².